The van der Waals surface area contributed by atoms with Crippen molar-refractivity contribution in [3.63, 3.8) is 0 Å². The molecule has 1 aromatic heterocycles. The molecule has 1 atom stereocenters. The van der Waals surface area contributed by atoms with Crippen LogP contribution in [-0.4, -0.2) is 17.6 Å². The summed E-state index contributed by atoms with van der Waals surface area (Å²) in [4.78, 5) is 4.55. The van der Waals surface area contributed by atoms with Gasteiger partial charge >= 0.3 is 0 Å². The van der Waals surface area contributed by atoms with Crippen molar-refractivity contribution in [1.82, 2.24) is 4.98 Å². The lowest BCUT2D eigenvalue weighted by Gasteiger charge is -2.28. The molecule has 0 amide bonds. The average molecular weight is 315 g/mol. The van der Waals surface area contributed by atoms with Crippen LogP contribution in [0.1, 0.15) is 43.5 Å². The molecule has 0 saturated carbocycles. The van der Waals surface area contributed by atoms with Crippen LogP contribution in [0.15, 0.2) is 42.6 Å². The maximum absolute atomic E-state index is 13.2. The molecule has 124 valence electrons. The molecule has 0 aliphatic rings. The van der Waals surface area contributed by atoms with Gasteiger partial charge in [-0.1, -0.05) is 32.0 Å². The third-order valence-corrected chi connectivity index (χ3v) is 4.36. The first-order valence-electron chi connectivity index (χ1n) is 8.11. The largest absolute Gasteiger partial charge is 0.330 e. The van der Waals surface area contributed by atoms with E-state index in [1.54, 1.807) is 6.20 Å². The van der Waals surface area contributed by atoms with Gasteiger partial charge in [-0.2, -0.15) is 0 Å². The van der Waals surface area contributed by atoms with Crippen LogP contribution < -0.4 is 11.5 Å². The van der Waals surface area contributed by atoms with Gasteiger partial charge in [0.2, 0.25) is 0 Å². The first-order chi connectivity index (χ1) is 10.9. The number of aromatic nitrogens is 1. The van der Waals surface area contributed by atoms with Crippen molar-refractivity contribution in [3.05, 3.63) is 65.2 Å². The molecule has 1 aromatic carbocycles. The van der Waals surface area contributed by atoms with Gasteiger partial charge in [-0.05, 0) is 48.7 Å². The second-order valence-electron chi connectivity index (χ2n) is 6.52. The number of halogens is 1. The second kappa shape index (κ2) is 7.66. The summed E-state index contributed by atoms with van der Waals surface area (Å²) in [5.74, 6) is -0.222. The fourth-order valence-electron chi connectivity index (χ4n) is 2.92. The van der Waals surface area contributed by atoms with E-state index in [1.165, 1.54) is 12.1 Å². The van der Waals surface area contributed by atoms with Crippen LogP contribution in [0.5, 0.6) is 0 Å². The van der Waals surface area contributed by atoms with E-state index in [2.05, 4.69) is 24.9 Å². The first kappa shape index (κ1) is 17.6. The Kier molecular flexibility index (Phi) is 5.85. The number of pyridine rings is 1. The summed E-state index contributed by atoms with van der Waals surface area (Å²) >= 11 is 0. The zero-order chi connectivity index (χ0) is 16.9. The second-order valence-corrected chi connectivity index (χ2v) is 6.52. The zero-order valence-electron chi connectivity index (χ0n) is 13.9. The van der Waals surface area contributed by atoms with Crippen LogP contribution in [0, 0.1) is 5.82 Å². The quantitative estimate of drug-likeness (QED) is 0.825. The molecule has 0 bridgehead atoms. The fraction of sp³-hybridized carbons (Fsp3) is 0.421. The van der Waals surface area contributed by atoms with Gasteiger partial charge in [0.25, 0.3) is 0 Å². The Hall–Kier alpha value is -1.78. The number of nitrogens with zero attached hydrogens (tertiary/aromatic N) is 1. The summed E-state index contributed by atoms with van der Waals surface area (Å²) in [6, 6.07) is 10.7. The normalized spacial score (nSPS) is 13.1. The van der Waals surface area contributed by atoms with Gasteiger partial charge in [0.05, 0.1) is 0 Å². The van der Waals surface area contributed by atoms with E-state index in [1.807, 2.05) is 18.2 Å². The maximum atomic E-state index is 13.2. The molecule has 0 radical (unpaired) electrons. The summed E-state index contributed by atoms with van der Waals surface area (Å²) < 4.78 is 13.2. The van der Waals surface area contributed by atoms with Gasteiger partial charge in [-0.25, -0.2) is 4.39 Å². The lowest BCUT2D eigenvalue weighted by atomic mass is 9.76. The summed E-state index contributed by atoms with van der Waals surface area (Å²) in [5.41, 5.74) is 14.7. The van der Waals surface area contributed by atoms with Crippen LogP contribution in [0.2, 0.25) is 0 Å². The first-order valence-corrected chi connectivity index (χ1v) is 8.11. The fourth-order valence-corrected chi connectivity index (χ4v) is 2.92. The highest BCUT2D eigenvalue weighted by molar-refractivity contribution is 5.40. The molecule has 1 heterocycles. The number of hydrogen-bond donors (Lipinski definition) is 2. The van der Waals surface area contributed by atoms with E-state index < -0.39 is 0 Å². The highest BCUT2D eigenvalue weighted by Gasteiger charge is 2.26. The van der Waals surface area contributed by atoms with Crippen molar-refractivity contribution in [2.45, 2.75) is 44.6 Å². The minimum atomic E-state index is -0.259. The molecule has 2 rings (SSSR count). The highest BCUT2D eigenvalue weighted by Crippen LogP contribution is 2.33. The molecule has 23 heavy (non-hydrogen) atoms. The van der Waals surface area contributed by atoms with Crippen LogP contribution in [0.3, 0.4) is 0 Å². The molecule has 0 aliphatic heterocycles. The lowest BCUT2D eigenvalue weighted by molar-refractivity contribution is 0.560. The Labute approximate surface area is 137 Å². The summed E-state index contributed by atoms with van der Waals surface area (Å²) in [6.07, 6.45) is 4.34. The maximum Gasteiger partial charge on any atom is 0.123 e. The molecule has 0 spiro atoms. The molecule has 0 saturated heterocycles. The Morgan fingerprint density at radius 3 is 2.52 bits per heavy atom. The monoisotopic (exact) mass is 315 g/mol. The molecule has 3 nitrogen and oxygen atoms in total. The van der Waals surface area contributed by atoms with Crippen LogP contribution >= 0.6 is 0 Å². The Morgan fingerprint density at radius 1 is 1.17 bits per heavy atom. The van der Waals surface area contributed by atoms with Crippen molar-refractivity contribution < 1.29 is 4.39 Å². The topological polar surface area (TPSA) is 64.9 Å². The van der Waals surface area contributed by atoms with E-state index in [0.29, 0.717) is 6.54 Å². The third kappa shape index (κ3) is 4.36. The molecule has 4 heteroatoms. The molecule has 4 N–H and O–H groups in total. The van der Waals surface area contributed by atoms with Gasteiger partial charge in [-0.3, -0.25) is 4.98 Å². The Bertz CT molecular complexity index is 623. The lowest BCUT2D eigenvalue weighted by Crippen LogP contribution is -2.28. The van der Waals surface area contributed by atoms with Gasteiger partial charge in [0.1, 0.15) is 5.82 Å². The van der Waals surface area contributed by atoms with Crippen molar-refractivity contribution in [1.29, 1.82) is 0 Å². The summed E-state index contributed by atoms with van der Waals surface area (Å²) in [5, 5.41) is 0. The van der Waals surface area contributed by atoms with Crippen LogP contribution in [0.25, 0.3) is 0 Å². The van der Waals surface area contributed by atoms with Crippen molar-refractivity contribution >= 4 is 0 Å². The third-order valence-electron chi connectivity index (χ3n) is 4.36. The van der Waals surface area contributed by atoms with Crippen LogP contribution in [0.4, 0.5) is 4.39 Å². The van der Waals surface area contributed by atoms with Gasteiger partial charge in [0, 0.05) is 29.8 Å². The predicted octanol–water partition coefficient (Wildman–Crippen LogP) is 3.16. The molecule has 0 fully saturated rings. The number of benzene rings is 1. The summed E-state index contributed by atoms with van der Waals surface area (Å²) in [7, 11) is 0. The van der Waals surface area contributed by atoms with E-state index in [-0.39, 0.29) is 17.3 Å². The van der Waals surface area contributed by atoms with E-state index in [4.69, 9.17) is 11.5 Å². The highest BCUT2D eigenvalue weighted by atomic mass is 19.1. The number of hydrogen-bond acceptors (Lipinski definition) is 3. The average Bonchev–Trinajstić information content (AvgIpc) is 2.53. The Morgan fingerprint density at radius 2 is 1.87 bits per heavy atom. The van der Waals surface area contributed by atoms with Gasteiger partial charge in [-0.15, -0.1) is 0 Å². The molecular formula is C19H26FN3. The van der Waals surface area contributed by atoms with Crippen molar-refractivity contribution in [3.8, 4) is 0 Å². The predicted molar refractivity (Wildman–Crippen MR) is 92.7 cm³/mol. The minimum absolute atomic E-state index is 0.0521. The SMILES string of the molecule is CC(C)(c1ccc(F)cc1)c1cccnc1CC(N)CCCN. The molecule has 1 unspecified atom stereocenters. The minimum Gasteiger partial charge on any atom is -0.330 e. The number of nitrogens with two attached hydrogens (primary N) is 2. The smallest absolute Gasteiger partial charge is 0.123 e. The van der Waals surface area contributed by atoms with Crippen LogP contribution in [-0.2, 0) is 11.8 Å². The Balaban J connectivity index is 2.29. The van der Waals surface area contributed by atoms with E-state index in [0.717, 1.165) is 36.1 Å². The summed E-state index contributed by atoms with van der Waals surface area (Å²) in [6.45, 7) is 4.92. The molecular weight excluding hydrogens is 289 g/mol. The van der Waals surface area contributed by atoms with E-state index in [9.17, 15) is 4.39 Å². The molecule has 2 aromatic rings. The standard InChI is InChI=1S/C19H26FN3/c1-19(2,14-7-9-15(20)10-8-14)17-6-4-12-23-18(17)13-16(22)5-3-11-21/h4,6-10,12,16H,3,5,11,13,21-22H2,1-2H3. The van der Waals surface area contributed by atoms with Crippen molar-refractivity contribution in [2.24, 2.45) is 11.5 Å². The number of rotatable bonds is 7. The zero-order valence-corrected chi connectivity index (χ0v) is 13.9. The van der Waals surface area contributed by atoms with Gasteiger partial charge < -0.3 is 11.5 Å². The van der Waals surface area contributed by atoms with E-state index >= 15 is 0 Å². The molecule has 0 aliphatic carbocycles. The van der Waals surface area contributed by atoms with Gasteiger partial charge in [0.15, 0.2) is 0 Å². The van der Waals surface area contributed by atoms with Crippen molar-refractivity contribution in [2.75, 3.05) is 6.54 Å².